The molecule has 2 aliphatic rings. The van der Waals surface area contributed by atoms with Gasteiger partial charge in [0, 0.05) is 45.8 Å². The zero-order valence-electron chi connectivity index (χ0n) is 17.6. The van der Waals surface area contributed by atoms with Crippen LogP contribution in [0.2, 0.25) is 10.0 Å². The lowest BCUT2D eigenvalue weighted by atomic mass is 9.95. The number of carbonyl (C=O) groups excluding carboxylic acids is 1. The number of carboxylic acid groups (broad SMARTS) is 1. The van der Waals surface area contributed by atoms with Gasteiger partial charge in [-0.3, -0.25) is 14.7 Å². The van der Waals surface area contributed by atoms with Gasteiger partial charge < -0.3 is 15.2 Å². The molecule has 0 radical (unpaired) electrons. The molecule has 0 saturated carbocycles. The zero-order chi connectivity index (χ0) is 24.6. The number of aliphatic imine (C=N–C) groups is 1. The average molecular weight is 531 g/mol. The number of carboxylic acids is 1. The van der Waals surface area contributed by atoms with E-state index in [1.807, 2.05) is 0 Å². The second kappa shape index (κ2) is 9.57. The first kappa shape index (κ1) is 24.5. The minimum Gasteiger partial charge on any atom is -0.480 e. The summed E-state index contributed by atoms with van der Waals surface area (Å²) in [6, 6.07) is 2.28. The van der Waals surface area contributed by atoms with Gasteiger partial charge in [-0.15, -0.1) is 11.3 Å². The maximum atomic E-state index is 14.1. The predicted molar refractivity (Wildman–Crippen MR) is 123 cm³/mol. The van der Waals surface area contributed by atoms with Crippen LogP contribution in [-0.4, -0.2) is 64.9 Å². The number of ether oxygens (including phenoxy) is 1. The van der Waals surface area contributed by atoms with Gasteiger partial charge in [0.25, 0.3) is 5.92 Å². The third-order valence-corrected chi connectivity index (χ3v) is 6.78. The number of thiazole rings is 1. The van der Waals surface area contributed by atoms with Crippen LogP contribution in [0, 0.1) is 0 Å². The van der Waals surface area contributed by atoms with Gasteiger partial charge in [-0.25, -0.2) is 18.6 Å². The Morgan fingerprint density at radius 3 is 2.76 bits per heavy atom. The number of halogens is 4. The summed E-state index contributed by atoms with van der Waals surface area (Å²) < 4.78 is 33.2. The standard InChI is InChI=1S/C21H18Cl2F2N4O4S/c1-33-20(32)15-13(8-29-9-21(24,25)7-14(29)19(30)31)27-17(18-26-4-5-34-18)28-16(15)11-3-2-10(22)6-12(11)23/h2-6,14,16H,7-9H2,1H3,(H,27,28)(H,30,31)/t14-,16-/m0/s1. The Labute approximate surface area is 206 Å². The molecule has 3 heterocycles. The third-order valence-electron chi connectivity index (χ3n) is 5.44. The first-order valence-corrected chi connectivity index (χ1v) is 11.6. The Bertz CT molecular complexity index is 1190. The first-order chi connectivity index (χ1) is 16.1. The first-order valence-electron chi connectivity index (χ1n) is 9.95. The van der Waals surface area contributed by atoms with Crippen LogP contribution in [-0.2, 0) is 14.3 Å². The highest BCUT2D eigenvalue weighted by Crippen LogP contribution is 2.39. The van der Waals surface area contributed by atoms with Crippen molar-refractivity contribution in [1.29, 1.82) is 0 Å². The summed E-state index contributed by atoms with van der Waals surface area (Å²) >= 11 is 13.7. The van der Waals surface area contributed by atoms with Crippen LogP contribution < -0.4 is 5.32 Å². The van der Waals surface area contributed by atoms with E-state index < -0.39 is 42.9 Å². The topological polar surface area (TPSA) is 104 Å². The van der Waals surface area contributed by atoms with Gasteiger partial charge in [0.15, 0.2) is 10.8 Å². The number of aliphatic carboxylic acids is 1. The Morgan fingerprint density at radius 2 is 2.15 bits per heavy atom. The third kappa shape index (κ3) is 4.92. The van der Waals surface area contributed by atoms with E-state index in [4.69, 9.17) is 27.9 Å². The number of rotatable bonds is 6. The molecule has 1 fully saturated rings. The number of esters is 1. The second-order valence-electron chi connectivity index (χ2n) is 7.71. The van der Waals surface area contributed by atoms with Crippen molar-refractivity contribution in [3.05, 3.63) is 61.7 Å². The minimum atomic E-state index is -3.19. The molecule has 0 unspecified atom stereocenters. The number of nitrogens with zero attached hydrogens (tertiary/aromatic N) is 3. The number of hydrogen-bond donors (Lipinski definition) is 2. The smallest absolute Gasteiger partial charge is 0.338 e. The monoisotopic (exact) mass is 530 g/mol. The number of amidine groups is 1. The molecule has 8 nitrogen and oxygen atoms in total. The minimum absolute atomic E-state index is 0.0198. The van der Waals surface area contributed by atoms with Crippen LogP contribution in [0.25, 0.3) is 0 Å². The number of methoxy groups -OCH3 is 1. The summed E-state index contributed by atoms with van der Waals surface area (Å²) in [4.78, 5) is 34.5. The van der Waals surface area contributed by atoms with Crippen LogP contribution in [0.15, 0.2) is 46.0 Å². The van der Waals surface area contributed by atoms with Crippen molar-refractivity contribution >= 4 is 52.3 Å². The molecule has 1 aromatic heterocycles. The van der Waals surface area contributed by atoms with Crippen molar-refractivity contribution in [1.82, 2.24) is 15.2 Å². The van der Waals surface area contributed by atoms with E-state index in [1.165, 1.54) is 24.5 Å². The fraction of sp³-hybridized carbons (Fsp3) is 0.333. The van der Waals surface area contributed by atoms with Crippen LogP contribution >= 0.6 is 34.5 Å². The molecule has 0 aliphatic carbocycles. The lowest BCUT2D eigenvalue weighted by Crippen LogP contribution is -2.43. The molecule has 1 aromatic carbocycles. The lowest BCUT2D eigenvalue weighted by Gasteiger charge is -2.30. The molecule has 0 amide bonds. The summed E-state index contributed by atoms with van der Waals surface area (Å²) in [6.07, 6.45) is 0.734. The van der Waals surface area contributed by atoms with Gasteiger partial charge >= 0.3 is 11.9 Å². The quantitative estimate of drug-likeness (QED) is 0.548. The van der Waals surface area contributed by atoms with E-state index in [0.29, 0.717) is 15.6 Å². The number of likely N-dealkylation sites (tertiary alicyclic amines) is 1. The Morgan fingerprint density at radius 1 is 1.38 bits per heavy atom. The SMILES string of the molecule is COC(=O)C1=C(CN2CC(F)(F)C[C@H]2C(=O)O)NC(c2nccs2)=N[C@H]1c1ccc(Cl)cc1Cl. The molecule has 180 valence electrons. The zero-order valence-corrected chi connectivity index (χ0v) is 19.9. The van der Waals surface area contributed by atoms with Gasteiger partial charge in [-0.1, -0.05) is 29.3 Å². The molecule has 2 aromatic rings. The van der Waals surface area contributed by atoms with Gasteiger partial charge in [-0.2, -0.15) is 0 Å². The highest BCUT2D eigenvalue weighted by molar-refractivity contribution is 7.11. The van der Waals surface area contributed by atoms with Gasteiger partial charge in [0.2, 0.25) is 0 Å². The fourth-order valence-corrected chi connectivity index (χ4v) is 5.06. The molecule has 2 atom stereocenters. The Hall–Kier alpha value is -2.60. The van der Waals surface area contributed by atoms with Crippen molar-refractivity contribution in [2.24, 2.45) is 4.99 Å². The van der Waals surface area contributed by atoms with E-state index >= 15 is 0 Å². The van der Waals surface area contributed by atoms with E-state index in [9.17, 15) is 23.5 Å². The number of benzene rings is 1. The molecule has 2 N–H and O–H groups in total. The summed E-state index contributed by atoms with van der Waals surface area (Å²) in [7, 11) is 1.18. The highest BCUT2D eigenvalue weighted by atomic mass is 35.5. The van der Waals surface area contributed by atoms with Gasteiger partial charge in [-0.05, 0) is 12.1 Å². The number of alkyl halides is 2. The van der Waals surface area contributed by atoms with E-state index in [1.54, 1.807) is 23.7 Å². The van der Waals surface area contributed by atoms with Crippen molar-refractivity contribution in [2.75, 3.05) is 20.2 Å². The summed E-state index contributed by atoms with van der Waals surface area (Å²) in [6.45, 7) is -1.07. The normalized spacial score (nSPS) is 22.3. The molecule has 34 heavy (non-hydrogen) atoms. The largest absolute Gasteiger partial charge is 0.480 e. The maximum absolute atomic E-state index is 14.1. The van der Waals surface area contributed by atoms with E-state index in [-0.39, 0.29) is 28.7 Å². The molecule has 2 aliphatic heterocycles. The molecule has 1 saturated heterocycles. The van der Waals surface area contributed by atoms with Crippen molar-refractivity contribution in [2.45, 2.75) is 24.4 Å². The number of carbonyl (C=O) groups is 2. The summed E-state index contributed by atoms with van der Waals surface area (Å²) in [5.41, 5.74) is 0.624. The average Bonchev–Trinajstić information content (AvgIpc) is 3.40. The number of nitrogens with one attached hydrogen (secondary N) is 1. The second-order valence-corrected chi connectivity index (χ2v) is 9.45. The fourth-order valence-electron chi connectivity index (χ4n) is 3.96. The molecule has 13 heteroatoms. The predicted octanol–water partition coefficient (Wildman–Crippen LogP) is 3.76. The summed E-state index contributed by atoms with van der Waals surface area (Å²) in [5.74, 6) is -5.04. The lowest BCUT2D eigenvalue weighted by molar-refractivity contribution is -0.142. The molecular weight excluding hydrogens is 513 g/mol. The molecular formula is C21H18Cl2F2N4O4S. The number of aromatic nitrogens is 1. The van der Waals surface area contributed by atoms with Crippen LogP contribution in [0.3, 0.4) is 0 Å². The highest BCUT2D eigenvalue weighted by Gasteiger charge is 2.49. The maximum Gasteiger partial charge on any atom is 0.338 e. The van der Waals surface area contributed by atoms with Gasteiger partial charge in [0.1, 0.15) is 12.1 Å². The van der Waals surface area contributed by atoms with Crippen molar-refractivity contribution in [3.63, 3.8) is 0 Å². The van der Waals surface area contributed by atoms with Crippen LogP contribution in [0.1, 0.15) is 23.0 Å². The molecule has 0 bridgehead atoms. The Balaban J connectivity index is 1.84. The van der Waals surface area contributed by atoms with Crippen molar-refractivity contribution in [3.8, 4) is 0 Å². The van der Waals surface area contributed by atoms with Crippen molar-refractivity contribution < 1.29 is 28.2 Å². The van der Waals surface area contributed by atoms with E-state index in [0.717, 1.165) is 4.90 Å². The molecule has 0 spiro atoms. The molecule has 4 rings (SSSR count). The van der Waals surface area contributed by atoms with Crippen LogP contribution in [0.5, 0.6) is 0 Å². The van der Waals surface area contributed by atoms with Gasteiger partial charge in [0.05, 0.1) is 19.2 Å². The van der Waals surface area contributed by atoms with Crippen LogP contribution in [0.4, 0.5) is 8.78 Å². The summed E-state index contributed by atoms with van der Waals surface area (Å²) in [5, 5.41) is 15.3. The van der Waals surface area contributed by atoms with E-state index in [2.05, 4.69) is 15.3 Å². The number of hydrogen-bond acceptors (Lipinski definition) is 8. The Kier molecular flexibility index (Phi) is 6.90.